The molecule has 9 nitrogen and oxygen atoms in total. The minimum absolute atomic E-state index is 0.293. The summed E-state index contributed by atoms with van der Waals surface area (Å²) in [5, 5.41) is 0. The van der Waals surface area contributed by atoms with Crippen molar-refractivity contribution in [2.24, 2.45) is 0 Å². The minimum Gasteiger partial charge on any atom is -0.462 e. The second-order valence-electron chi connectivity index (χ2n) is 6.78. The van der Waals surface area contributed by atoms with Crippen LogP contribution in [-0.2, 0) is 42.7 Å². The van der Waals surface area contributed by atoms with E-state index in [1.165, 1.54) is 12.8 Å². The molecule has 0 aliphatic heterocycles. The van der Waals surface area contributed by atoms with E-state index in [-0.39, 0.29) is 5.97 Å². The number of hydrogen-bond donors (Lipinski definition) is 0. The number of unbranched alkanes of at least 4 members (excludes halogenated alkanes) is 2. The van der Waals surface area contributed by atoms with Crippen LogP contribution in [-0.4, -0.2) is 45.0 Å². The zero-order valence-electron chi connectivity index (χ0n) is 18.3. The highest BCUT2D eigenvalue weighted by atomic mass is 32.3. The fourth-order valence-corrected chi connectivity index (χ4v) is 3.65. The minimum atomic E-state index is -6.72. The largest absolute Gasteiger partial charge is 0.480 e. The number of carbonyl (C=O) groups is 1. The predicted octanol–water partition coefficient (Wildman–Crippen LogP) is 3.53. The summed E-state index contributed by atoms with van der Waals surface area (Å²) in [4.78, 5) is 11.1. The lowest BCUT2D eigenvalue weighted by atomic mass is 10.3. The van der Waals surface area contributed by atoms with Gasteiger partial charge in [0.2, 0.25) is 6.33 Å². The van der Waals surface area contributed by atoms with Crippen LogP contribution in [0.2, 0.25) is 0 Å². The number of nitrogens with zero attached hydrogens (tertiary/aromatic N) is 3. The van der Waals surface area contributed by atoms with Gasteiger partial charge in [0.1, 0.15) is 12.4 Å². The second-order valence-corrected chi connectivity index (χ2v) is 10.2. The number of sulfonamides is 2. The van der Waals surface area contributed by atoms with Crippen molar-refractivity contribution in [3.05, 3.63) is 35.0 Å². The van der Waals surface area contributed by atoms with E-state index in [9.17, 15) is 48.0 Å². The zero-order valence-corrected chi connectivity index (χ0v) is 19.9. The second kappa shape index (κ2) is 13.1. The van der Waals surface area contributed by atoms with Gasteiger partial charge in [-0.1, -0.05) is 19.9 Å². The monoisotopic (exact) mass is 545 g/mol. The number of rotatable bonds is 11. The quantitative estimate of drug-likeness (QED) is 0.138. The number of ether oxygens (including phenoxy) is 1. The Morgan fingerprint density at radius 3 is 2.00 bits per heavy atom. The number of alkyl halides is 6. The highest BCUT2D eigenvalue weighted by Crippen LogP contribution is 2.36. The van der Waals surface area contributed by atoms with E-state index in [0.717, 1.165) is 30.1 Å². The molecule has 0 bridgehead atoms. The van der Waals surface area contributed by atoms with Crippen LogP contribution in [0.1, 0.15) is 39.5 Å². The Bertz CT molecular complexity index is 975. The number of esters is 1. The van der Waals surface area contributed by atoms with Gasteiger partial charge >= 0.3 is 17.0 Å². The molecule has 1 aromatic heterocycles. The molecule has 0 aliphatic carbocycles. The first-order chi connectivity index (χ1) is 15.3. The first-order valence-electron chi connectivity index (χ1n) is 9.58. The molecule has 0 saturated heterocycles. The summed E-state index contributed by atoms with van der Waals surface area (Å²) in [5.74, 6) is -0.293. The number of carbonyl (C=O) groups excluding carboxylic acids is 1. The SMILES string of the molecule is C=C(C)C(=O)OCCCC[n+]1ccn(CCCC)c1.O=S(=O)([N-]S(=O)(=O)C(F)(F)F)C(F)(F)F. The number of halogens is 6. The molecular weight excluding hydrogens is 520 g/mol. The van der Waals surface area contributed by atoms with Crippen molar-refractivity contribution in [3.63, 3.8) is 0 Å². The summed E-state index contributed by atoms with van der Waals surface area (Å²) < 4.78 is 119. The standard InChI is InChI=1S/C15H25N2O2.C2F6NO4S2/c1-4-5-8-16-10-11-17(13-16)9-6-7-12-19-15(18)14(2)3;3-1(4,5)14(10,11)9-15(12,13)2(6,7)8/h10-11,13H,2,4-9,12H2,1,3H3;/q+1;-1. The predicted molar refractivity (Wildman–Crippen MR) is 108 cm³/mol. The topological polar surface area (TPSA) is 117 Å². The maximum absolute atomic E-state index is 11.4. The zero-order chi connectivity index (χ0) is 26.8. The molecule has 0 atom stereocenters. The molecule has 17 heteroatoms. The van der Waals surface area contributed by atoms with E-state index < -0.39 is 31.1 Å². The molecule has 1 heterocycles. The molecule has 1 aromatic rings. The van der Waals surface area contributed by atoms with E-state index in [1.54, 1.807) is 6.92 Å². The molecule has 0 radical (unpaired) electrons. The van der Waals surface area contributed by atoms with Gasteiger partial charge < -0.3 is 8.86 Å². The van der Waals surface area contributed by atoms with Gasteiger partial charge in [-0.05, 0) is 26.2 Å². The lowest BCUT2D eigenvalue weighted by molar-refractivity contribution is -0.696. The van der Waals surface area contributed by atoms with Gasteiger partial charge in [-0.15, -0.1) is 0 Å². The van der Waals surface area contributed by atoms with Crippen molar-refractivity contribution < 1.29 is 57.3 Å². The first kappa shape index (κ1) is 31.9. The fraction of sp³-hybridized carbons (Fsp3) is 0.647. The normalized spacial score (nSPS) is 12.6. The van der Waals surface area contributed by atoms with Crippen LogP contribution in [0, 0.1) is 0 Å². The molecule has 0 aliphatic rings. The number of aromatic nitrogens is 2. The van der Waals surface area contributed by atoms with Crippen molar-refractivity contribution >= 4 is 26.0 Å². The summed E-state index contributed by atoms with van der Waals surface area (Å²) in [6, 6.07) is 0. The van der Waals surface area contributed by atoms with Crippen molar-refractivity contribution in [2.45, 2.75) is 63.6 Å². The van der Waals surface area contributed by atoms with Crippen molar-refractivity contribution in [1.29, 1.82) is 0 Å². The highest BCUT2D eigenvalue weighted by Gasteiger charge is 2.46. The van der Waals surface area contributed by atoms with E-state index in [1.807, 2.05) is 0 Å². The maximum atomic E-state index is 11.4. The third kappa shape index (κ3) is 11.3. The highest BCUT2D eigenvalue weighted by molar-refractivity contribution is 8.13. The van der Waals surface area contributed by atoms with E-state index in [2.05, 4.69) is 41.4 Å². The number of imidazole rings is 1. The van der Waals surface area contributed by atoms with Crippen molar-refractivity contribution in [2.75, 3.05) is 6.61 Å². The molecule has 1 rings (SSSR count). The molecule has 0 saturated carbocycles. The molecule has 0 spiro atoms. The summed E-state index contributed by atoms with van der Waals surface area (Å²) >= 11 is 0. The lowest BCUT2D eigenvalue weighted by Crippen LogP contribution is -2.31. The van der Waals surface area contributed by atoms with Crippen molar-refractivity contribution in [1.82, 2.24) is 4.57 Å². The van der Waals surface area contributed by atoms with E-state index >= 15 is 0 Å². The Morgan fingerprint density at radius 2 is 1.56 bits per heavy atom. The summed E-state index contributed by atoms with van der Waals surface area (Å²) in [5.41, 5.74) is -11.9. The van der Waals surface area contributed by atoms with Crippen LogP contribution in [0.25, 0.3) is 4.13 Å². The molecule has 0 N–H and O–H groups in total. The third-order valence-electron chi connectivity index (χ3n) is 3.69. The van der Waals surface area contributed by atoms with E-state index in [4.69, 9.17) is 4.74 Å². The summed E-state index contributed by atoms with van der Waals surface area (Å²) in [7, 11) is -13.4. The number of aryl methyl sites for hydroxylation is 2. The molecule has 34 heavy (non-hydrogen) atoms. The van der Waals surface area contributed by atoms with Gasteiger partial charge in [0, 0.05) is 5.57 Å². The summed E-state index contributed by atoms with van der Waals surface area (Å²) in [6.45, 7) is 9.93. The molecule has 198 valence electrons. The Labute approximate surface area is 193 Å². The van der Waals surface area contributed by atoms with Gasteiger partial charge in [0.15, 0.2) is 20.0 Å². The summed E-state index contributed by atoms with van der Waals surface area (Å²) in [6.07, 6.45) is 10.7. The van der Waals surface area contributed by atoms with E-state index in [0.29, 0.717) is 12.2 Å². The van der Waals surface area contributed by atoms with Crippen molar-refractivity contribution in [3.8, 4) is 0 Å². The Morgan fingerprint density at radius 1 is 1.03 bits per heavy atom. The van der Waals surface area contributed by atoms with Gasteiger partial charge in [-0.2, -0.15) is 26.3 Å². The van der Waals surface area contributed by atoms with Crippen LogP contribution in [0.15, 0.2) is 30.9 Å². The van der Waals surface area contributed by atoms with Gasteiger partial charge in [0.25, 0.3) is 0 Å². The number of hydrogen-bond acceptors (Lipinski definition) is 6. The fourth-order valence-electron chi connectivity index (χ4n) is 1.94. The van der Waals surface area contributed by atoms with Crippen LogP contribution in [0.4, 0.5) is 26.3 Å². The lowest BCUT2D eigenvalue weighted by Gasteiger charge is -2.22. The molecule has 0 amide bonds. The smallest absolute Gasteiger partial charge is 0.462 e. The first-order valence-corrected chi connectivity index (χ1v) is 12.5. The van der Waals surface area contributed by atoms with Crippen LogP contribution in [0.5, 0.6) is 0 Å². The average molecular weight is 546 g/mol. The van der Waals surface area contributed by atoms with Gasteiger partial charge in [0.05, 0.1) is 19.7 Å². The maximum Gasteiger partial charge on any atom is 0.480 e. The van der Waals surface area contributed by atoms with Crippen LogP contribution in [0.3, 0.4) is 0 Å². The van der Waals surface area contributed by atoms with Gasteiger partial charge in [-0.3, -0.25) is 0 Å². The molecule has 0 fully saturated rings. The Balaban J connectivity index is 0.000000661. The molecule has 0 unspecified atom stereocenters. The van der Waals surface area contributed by atoms with Crippen LogP contribution >= 0.6 is 0 Å². The Kier molecular flexibility index (Phi) is 12.3. The average Bonchev–Trinajstić information content (AvgIpc) is 3.11. The molecule has 0 aromatic carbocycles. The third-order valence-corrected chi connectivity index (χ3v) is 6.43. The van der Waals surface area contributed by atoms with Crippen LogP contribution < -0.4 is 4.57 Å². The van der Waals surface area contributed by atoms with Gasteiger partial charge in [-0.25, -0.2) is 30.8 Å². The molecular formula is C17H25F6N3O6S2. The Hall–Kier alpha value is -2.14.